The standard InChI is InChI=1S/C86H174O40/c1-4-6-87-8-10-89-12-14-91-16-18-93-20-22-95-24-26-97-28-30-99-32-34-101-36-38-103-40-42-105-44-46-107-48-50-109-52-54-111-56-58-113-60-62-115-64-66-117-68-70-119-72-74-121-76-78-123-80-82-125-84-85-126-83-81-124-79-77-122-75-73-120-71-69-118-67-65-116-63-61-114-59-57-112-55-53-110-51-49-108-47-45-106-43-41-104-39-37-102-35-33-100-31-29-98-27-25-96-23-21-94-19-17-92-15-13-90-11-9-88-7-5-86(2)3/h86H,4-85H2,1-3H3. The summed E-state index contributed by atoms with van der Waals surface area (Å²) in [5.74, 6) is 0.656. The Balaban J connectivity index is 3.10. The minimum Gasteiger partial charge on any atom is -0.379 e. The van der Waals surface area contributed by atoms with Crippen LogP contribution in [0.15, 0.2) is 0 Å². The predicted molar refractivity (Wildman–Crippen MR) is 463 cm³/mol. The summed E-state index contributed by atoms with van der Waals surface area (Å²) in [6, 6.07) is 0. The second-order valence-electron chi connectivity index (χ2n) is 26.7. The Hall–Kier alpha value is -1.60. The molecule has 0 aliphatic rings. The Labute approximate surface area is 754 Å². The van der Waals surface area contributed by atoms with E-state index >= 15 is 0 Å². The van der Waals surface area contributed by atoms with Gasteiger partial charge in [-0.1, -0.05) is 20.8 Å². The van der Waals surface area contributed by atoms with Crippen LogP contribution in [-0.2, 0) is 189 Å². The zero-order valence-electron chi connectivity index (χ0n) is 77.9. The summed E-state index contributed by atoms with van der Waals surface area (Å²) in [6.07, 6.45) is 2.09. The summed E-state index contributed by atoms with van der Waals surface area (Å²) in [6.45, 7) is 46.6. The largest absolute Gasteiger partial charge is 0.379 e. The van der Waals surface area contributed by atoms with Gasteiger partial charge < -0.3 is 189 Å². The van der Waals surface area contributed by atoms with Crippen LogP contribution in [0.2, 0.25) is 0 Å². The highest BCUT2D eigenvalue weighted by atomic mass is 16.6. The van der Waals surface area contributed by atoms with Crippen LogP contribution >= 0.6 is 0 Å². The van der Waals surface area contributed by atoms with Crippen molar-refractivity contribution in [2.75, 3.05) is 529 Å². The predicted octanol–water partition coefficient (Wildman–Crippen LogP) is 3.11. The number of hydrogen-bond donors (Lipinski definition) is 0. The van der Waals surface area contributed by atoms with Gasteiger partial charge in [0.15, 0.2) is 0 Å². The summed E-state index contributed by atoms with van der Waals surface area (Å²) in [4.78, 5) is 0. The van der Waals surface area contributed by atoms with Crippen molar-refractivity contribution >= 4 is 0 Å². The van der Waals surface area contributed by atoms with Crippen LogP contribution in [0.1, 0.15) is 33.6 Å². The van der Waals surface area contributed by atoms with Crippen molar-refractivity contribution in [1.29, 1.82) is 0 Å². The molecule has 0 amide bonds. The normalized spacial score (nSPS) is 11.9. The van der Waals surface area contributed by atoms with Gasteiger partial charge in [-0.05, 0) is 18.8 Å². The smallest absolute Gasteiger partial charge is 0.0701 e. The van der Waals surface area contributed by atoms with Gasteiger partial charge >= 0.3 is 0 Å². The van der Waals surface area contributed by atoms with Crippen molar-refractivity contribution in [2.24, 2.45) is 5.92 Å². The third kappa shape index (κ3) is 122. The number of rotatable bonds is 122. The van der Waals surface area contributed by atoms with Crippen LogP contribution in [-0.4, -0.2) is 529 Å². The molecule has 0 aliphatic carbocycles. The average Bonchev–Trinajstić information content (AvgIpc) is 1.16. The lowest BCUT2D eigenvalue weighted by molar-refractivity contribution is -0.0328. The minimum atomic E-state index is 0.475. The number of hydrogen-bond acceptors (Lipinski definition) is 40. The first-order chi connectivity index (χ1) is 62.8. The fourth-order valence-electron chi connectivity index (χ4n) is 9.14. The van der Waals surface area contributed by atoms with Crippen LogP contribution in [0.25, 0.3) is 0 Å². The van der Waals surface area contributed by atoms with E-state index in [1.807, 2.05) is 0 Å². The number of ether oxygens (including phenoxy) is 40. The van der Waals surface area contributed by atoms with Crippen molar-refractivity contribution in [2.45, 2.75) is 33.6 Å². The molecule has 0 saturated carbocycles. The van der Waals surface area contributed by atoms with Crippen molar-refractivity contribution in [3.05, 3.63) is 0 Å². The molecule has 0 bridgehead atoms. The van der Waals surface area contributed by atoms with Crippen molar-refractivity contribution in [3.8, 4) is 0 Å². The van der Waals surface area contributed by atoms with E-state index in [4.69, 9.17) is 189 Å². The Kier molecular flexibility index (Phi) is 120. The molecule has 0 saturated heterocycles. The van der Waals surface area contributed by atoms with Crippen molar-refractivity contribution in [1.82, 2.24) is 0 Å². The summed E-state index contributed by atoms with van der Waals surface area (Å²) >= 11 is 0. The maximum absolute atomic E-state index is 5.55. The molecule has 40 nitrogen and oxygen atoms in total. The van der Waals surface area contributed by atoms with Crippen LogP contribution in [0, 0.1) is 5.92 Å². The van der Waals surface area contributed by atoms with E-state index < -0.39 is 0 Å². The molecule has 0 radical (unpaired) electrons. The zero-order valence-corrected chi connectivity index (χ0v) is 77.9. The molecule has 0 fully saturated rings. The molecule has 0 rings (SSSR count). The molecule has 0 aromatic carbocycles. The molecule has 0 aliphatic heterocycles. The van der Waals surface area contributed by atoms with E-state index in [1.165, 1.54) is 0 Å². The molecule has 758 valence electrons. The first kappa shape index (κ1) is 124. The minimum absolute atomic E-state index is 0.475. The summed E-state index contributed by atoms with van der Waals surface area (Å²) in [5.41, 5.74) is 0. The van der Waals surface area contributed by atoms with Crippen LogP contribution in [0.4, 0.5) is 0 Å². The molecule has 0 unspecified atom stereocenters. The Morgan fingerprint density at radius 2 is 0.143 bits per heavy atom. The molecule has 0 heterocycles. The first-order valence-electron chi connectivity index (χ1n) is 45.9. The monoisotopic (exact) mass is 1850 g/mol. The van der Waals surface area contributed by atoms with Gasteiger partial charge in [0.2, 0.25) is 0 Å². The first-order valence-corrected chi connectivity index (χ1v) is 45.9. The molecular weight excluding hydrogens is 1670 g/mol. The van der Waals surface area contributed by atoms with Crippen LogP contribution in [0.3, 0.4) is 0 Å². The summed E-state index contributed by atoms with van der Waals surface area (Å²) in [5, 5.41) is 0. The average molecular weight is 1850 g/mol. The van der Waals surface area contributed by atoms with Gasteiger partial charge in [-0.15, -0.1) is 0 Å². The molecule has 0 N–H and O–H groups in total. The second kappa shape index (κ2) is 121. The summed E-state index contributed by atoms with van der Waals surface area (Å²) < 4.78 is 221. The van der Waals surface area contributed by atoms with Crippen molar-refractivity contribution < 1.29 is 189 Å². The van der Waals surface area contributed by atoms with Gasteiger partial charge in [0.1, 0.15) is 0 Å². The molecule has 0 aromatic rings. The highest BCUT2D eigenvalue weighted by Crippen LogP contribution is 2.00. The van der Waals surface area contributed by atoms with Gasteiger partial charge in [0.25, 0.3) is 0 Å². The quantitative estimate of drug-likeness (QED) is 0.0789. The molecule has 0 spiro atoms. The fourth-order valence-corrected chi connectivity index (χ4v) is 9.14. The lowest BCUT2D eigenvalue weighted by Gasteiger charge is -2.09. The maximum atomic E-state index is 5.55. The topological polar surface area (TPSA) is 369 Å². The Morgan fingerprint density at radius 1 is 0.0873 bits per heavy atom. The van der Waals surface area contributed by atoms with Crippen molar-refractivity contribution in [3.63, 3.8) is 0 Å². The van der Waals surface area contributed by atoms with Gasteiger partial charge in [0, 0.05) is 13.2 Å². The molecule has 0 aromatic heterocycles. The van der Waals surface area contributed by atoms with E-state index in [0.29, 0.717) is 521 Å². The Bertz CT molecular complexity index is 1740. The van der Waals surface area contributed by atoms with E-state index in [2.05, 4.69) is 20.8 Å². The highest BCUT2D eigenvalue weighted by Gasteiger charge is 2.06. The lowest BCUT2D eigenvalue weighted by Crippen LogP contribution is -2.16. The molecule has 126 heavy (non-hydrogen) atoms. The maximum Gasteiger partial charge on any atom is 0.0701 e. The van der Waals surface area contributed by atoms with Crippen LogP contribution < -0.4 is 0 Å². The van der Waals surface area contributed by atoms with Gasteiger partial charge in [-0.2, -0.15) is 0 Å². The molecule has 40 heteroatoms. The SMILES string of the molecule is CCCOCCOCCOCCOCCOCCOCCOCCOCCOCCOCCOCCOCCOCCOCCOCCOCCOCCOCCOCCOCCOCCOCCOCCOCCOCCOCCOCCOCCOCCOCCOCCOCCOCCOCCOCCOCCOCCOCCOCCOCCC(C)C. The van der Waals surface area contributed by atoms with E-state index in [1.54, 1.807) is 0 Å². The lowest BCUT2D eigenvalue weighted by atomic mass is 10.1. The highest BCUT2D eigenvalue weighted by molar-refractivity contribution is 4.49. The van der Waals surface area contributed by atoms with Gasteiger partial charge in [-0.25, -0.2) is 0 Å². The fraction of sp³-hybridized carbons (Fsp3) is 1.00. The second-order valence-corrected chi connectivity index (χ2v) is 26.7. The van der Waals surface area contributed by atoms with E-state index in [0.717, 1.165) is 26.1 Å². The van der Waals surface area contributed by atoms with Gasteiger partial charge in [0.05, 0.1) is 515 Å². The summed E-state index contributed by atoms with van der Waals surface area (Å²) in [7, 11) is 0. The molecule has 0 atom stereocenters. The van der Waals surface area contributed by atoms with Gasteiger partial charge in [-0.3, -0.25) is 0 Å². The third-order valence-electron chi connectivity index (χ3n) is 15.7. The third-order valence-corrected chi connectivity index (χ3v) is 15.7. The van der Waals surface area contributed by atoms with E-state index in [-0.39, 0.29) is 0 Å². The van der Waals surface area contributed by atoms with E-state index in [9.17, 15) is 0 Å². The Morgan fingerprint density at radius 3 is 0.198 bits per heavy atom. The molecular formula is C86H174O40. The van der Waals surface area contributed by atoms with Crippen LogP contribution in [0.5, 0.6) is 0 Å². The zero-order chi connectivity index (χ0) is 89.8.